The molecule has 4 aliphatic rings. The average Bonchev–Trinajstić information content (AvgIpc) is 3.62. The first kappa shape index (κ1) is 36.9. The summed E-state index contributed by atoms with van der Waals surface area (Å²) in [5, 5.41) is 9.40. The number of fused-ring (bicyclic) bond motifs is 2. The van der Waals surface area contributed by atoms with Crippen molar-refractivity contribution in [1.82, 2.24) is 24.6 Å². The second-order valence-electron chi connectivity index (χ2n) is 14.9. The number of likely N-dealkylation sites (tertiary alicyclic amines) is 1. The largest absolute Gasteiger partial charge is 0.379 e. The van der Waals surface area contributed by atoms with Crippen LogP contribution in [0.3, 0.4) is 0 Å². The van der Waals surface area contributed by atoms with Gasteiger partial charge in [0, 0.05) is 49.7 Å². The van der Waals surface area contributed by atoms with E-state index in [9.17, 15) is 4.79 Å². The van der Waals surface area contributed by atoms with E-state index < -0.39 is 0 Å². The van der Waals surface area contributed by atoms with Crippen molar-refractivity contribution in [3.05, 3.63) is 47.5 Å². The lowest BCUT2D eigenvalue weighted by Gasteiger charge is -2.53. The fourth-order valence-electron chi connectivity index (χ4n) is 9.12. The molecule has 3 aliphatic heterocycles. The third-order valence-electron chi connectivity index (χ3n) is 11.5. The van der Waals surface area contributed by atoms with Crippen molar-refractivity contribution in [2.24, 2.45) is 11.1 Å². The van der Waals surface area contributed by atoms with Crippen molar-refractivity contribution in [2.45, 2.75) is 101 Å². The molecule has 1 spiro atoms. The van der Waals surface area contributed by atoms with Crippen LogP contribution in [0.15, 0.2) is 30.3 Å². The lowest BCUT2D eigenvalue weighted by Crippen LogP contribution is -2.52. The van der Waals surface area contributed by atoms with Crippen molar-refractivity contribution < 1.29 is 23.7 Å². The molecular weight excluding hydrogens is 632 g/mol. The van der Waals surface area contributed by atoms with E-state index in [1.54, 1.807) is 0 Å². The van der Waals surface area contributed by atoms with Crippen molar-refractivity contribution in [2.75, 3.05) is 72.5 Å². The van der Waals surface area contributed by atoms with Gasteiger partial charge in [-0.1, -0.05) is 36.3 Å². The molecular formula is C39H58N6O5. The first-order chi connectivity index (χ1) is 24.5. The highest BCUT2D eigenvalue weighted by atomic mass is 16.6. The lowest BCUT2D eigenvalue weighted by atomic mass is 9.58. The summed E-state index contributed by atoms with van der Waals surface area (Å²) in [6.07, 6.45) is 15.8. The van der Waals surface area contributed by atoms with Crippen LogP contribution < -0.4 is 5.73 Å². The molecule has 0 radical (unpaired) electrons. The van der Waals surface area contributed by atoms with E-state index in [0.29, 0.717) is 83.3 Å². The van der Waals surface area contributed by atoms with Crippen molar-refractivity contribution >= 4 is 5.91 Å². The molecule has 11 heteroatoms. The van der Waals surface area contributed by atoms with Gasteiger partial charge in [-0.05, 0) is 75.7 Å². The van der Waals surface area contributed by atoms with E-state index in [1.165, 1.54) is 30.7 Å². The van der Waals surface area contributed by atoms with Crippen LogP contribution in [0.25, 0.3) is 0 Å². The predicted molar refractivity (Wildman–Crippen MR) is 191 cm³/mol. The first-order valence-corrected chi connectivity index (χ1v) is 19.0. The van der Waals surface area contributed by atoms with E-state index >= 15 is 0 Å². The summed E-state index contributed by atoms with van der Waals surface area (Å²) >= 11 is 0. The minimum absolute atomic E-state index is 0.0872. The molecule has 1 aromatic carbocycles. The Hall–Kier alpha value is -2.85. The van der Waals surface area contributed by atoms with E-state index in [0.717, 1.165) is 64.0 Å². The molecule has 1 saturated carbocycles. The fourth-order valence-corrected chi connectivity index (χ4v) is 9.12. The number of amides is 1. The monoisotopic (exact) mass is 690 g/mol. The van der Waals surface area contributed by atoms with Gasteiger partial charge >= 0.3 is 0 Å². The van der Waals surface area contributed by atoms with Crippen molar-refractivity contribution in [3.63, 3.8) is 0 Å². The third kappa shape index (κ3) is 9.32. The Kier molecular flexibility index (Phi) is 13.3. The zero-order chi connectivity index (χ0) is 34.8. The molecule has 3 saturated heterocycles. The summed E-state index contributed by atoms with van der Waals surface area (Å²) in [6, 6.07) is 12.3. The van der Waals surface area contributed by atoms with Gasteiger partial charge < -0.3 is 34.1 Å². The summed E-state index contributed by atoms with van der Waals surface area (Å²) in [5.74, 6) is 5.26. The predicted octanol–water partition coefficient (Wildman–Crippen LogP) is 4.42. The fraction of sp³-hybridized carbons (Fsp3) is 0.718. The number of carbonyl (C=O) groups excluding carboxylic acids is 1. The Balaban J connectivity index is 0.904. The topological polar surface area (TPSA) is 117 Å². The van der Waals surface area contributed by atoms with Crippen LogP contribution in [0.5, 0.6) is 0 Å². The Morgan fingerprint density at radius 3 is 2.30 bits per heavy atom. The number of aromatic nitrogens is 3. The number of aryl methyl sites for hydroxylation is 1. The number of hydrogen-bond acceptors (Lipinski definition) is 9. The molecule has 2 bridgehead atoms. The van der Waals surface area contributed by atoms with E-state index in [2.05, 4.69) is 62.6 Å². The number of piperidine rings is 2. The quantitative estimate of drug-likeness (QED) is 0.169. The van der Waals surface area contributed by atoms with Gasteiger partial charge in [0.25, 0.3) is 0 Å². The smallest absolute Gasteiger partial charge is 0.224 e. The Labute approximate surface area is 298 Å². The number of nitrogens with two attached hydrogens (primary N) is 1. The number of terminal acetylenes is 1. The molecule has 11 nitrogen and oxygen atoms in total. The number of nitrogens with zero attached hydrogens (tertiary/aromatic N) is 5. The van der Waals surface area contributed by atoms with Gasteiger partial charge in [0.2, 0.25) is 5.91 Å². The van der Waals surface area contributed by atoms with E-state index in [1.807, 2.05) is 0 Å². The molecule has 1 aliphatic carbocycles. The highest BCUT2D eigenvalue weighted by Gasteiger charge is 2.50. The highest BCUT2D eigenvalue weighted by molar-refractivity contribution is 5.76. The summed E-state index contributed by atoms with van der Waals surface area (Å²) in [7, 11) is 0. The maximum Gasteiger partial charge on any atom is 0.224 e. The first-order valence-electron chi connectivity index (χ1n) is 19.0. The van der Waals surface area contributed by atoms with Crippen LogP contribution in [0.2, 0.25) is 0 Å². The normalized spacial score (nSPS) is 26.9. The third-order valence-corrected chi connectivity index (χ3v) is 11.5. The molecule has 274 valence electrons. The SMILES string of the molecule is C#CCOCCOCCOCCOCCC(=O)N1CCCC2(CC(c3nnc(C)n3C3CC4CCC(C3)N4CC[C@H](N)c3ccccc3)C2)C1. The van der Waals surface area contributed by atoms with Crippen molar-refractivity contribution in [1.29, 1.82) is 0 Å². The van der Waals surface area contributed by atoms with Gasteiger partial charge in [-0.3, -0.25) is 9.69 Å². The lowest BCUT2D eigenvalue weighted by molar-refractivity contribution is -0.138. The average molecular weight is 691 g/mol. The molecule has 4 fully saturated rings. The molecule has 3 atom stereocenters. The van der Waals surface area contributed by atoms with Crippen LogP contribution >= 0.6 is 0 Å². The highest BCUT2D eigenvalue weighted by Crippen LogP contribution is 2.56. The van der Waals surface area contributed by atoms with Crippen LogP contribution in [0, 0.1) is 24.7 Å². The Morgan fingerprint density at radius 2 is 1.62 bits per heavy atom. The van der Waals surface area contributed by atoms with Gasteiger partial charge in [0.1, 0.15) is 18.3 Å². The van der Waals surface area contributed by atoms with Crippen LogP contribution in [0.1, 0.15) is 99.4 Å². The Morgan fingerprint density at radius 1 is 0.960 bits per heavy atom. The van der Waals surface area contributed by atoms with Crippen LogP contribution in [-0.2, 0) is 23.7 Å². The summed E-state index contributed by atoms with van der Waals surface area (Å²) in [6.45, 7) is 8.52. The Bertz CT molecular complexity index is 1380. The van der Waals surface area contributed by atoms with Crippen LogP contribution in [-0.4, -0.2) is 115 Å². The van der Waals surface area contributed by atoms with Gasteiger partial charge in [-0.15, -0.1) is 16.6 Å². The van der Waals surface area contributed by atoms with Gasteiger partial charge in [-0.2, -0.15) is 0 Å². The second-order valence-corrected chi connectivity index (χ2v) is 14.9. The summed E-state index contributed by atoms with van der Waals surface area (Å²) < 4.78 is 24.3. The van der Waals surface area contributed by atoms with Gasteiger partial charge in [-0.25, -0.2) is 0 Å². The standard InChI is InChI=1S/C39H58N6O5/c1-3-17-47-19-21-49-23-24-50-22-20-48-18-13-37(46)43-15-7-14-39(29-43)27-32(28-39)38-42-41-30(2)45(38)35-25-33-10-11-34(26-35)44(33)16-12-36(40)31-8-5-4-6-9-31/h1,4-6,8-9,32-36H,7,10-29,40H2,2H3/t32?,33?,34?,35?,36-,39?/m0/s1. The van der Waals surface area contributed by atoms with Gasteiger partial charge in [0.15, 0.2) is 0 Å². The molecule has 1 amide bonds. The van der Waals surface area contributed by atoms with E-state index in [-0.39, 0.29) is 17.4 Å². The molecule has 2 unspecified atom stereocenters. The van der Waals surface area contributed by atoms with Crippen LogP contribution in [0.4, 0.5) is 0 Å². The molecule has 6 rings (SSSR count). The molecule has 4 heterocycles. The number of ether oxygens (including phenoxy) is 4. The van der Waals surface area contributed by atoms with Gasteiger partial charge in [0.05, 0.1) is 52.7 Å². The zero-order valence-electron chi connectivity index (χ0n) is 30.1. The number of hydrogen-bond donors (Lipinski definition) is 1. The summed E-state index contributed by atoms with van der Waals surface area (Å²) in [4.78, 5) is 18.0. The number of rotatable bonds is 19. The zero-order valence-corrected chi connectivity index (χ0v) is 30.1. The molecule has 2 aromatic rings. The molecule has 1 aromatic heterocycles. The second kappa shape index (κ2) is 18.1. The minimum atomic E-state index is 0.0872. The van der Waals surface area contributed by atoms with Crippen molar-refractivity contribution in [3.8, 4) is 12.3 Å². The molecule has 2 N–H and O–H groups in total. The summed E-state index contributed by atoms with van der Waals surface area (Å²) in [5.41, 5.74) is 8.02. The maximum atomic E-state index is 13.1. The number of benzene rings is 1. The molecule has 50 heavy (non-hydrogen) atoms. The minimum Gasteiger partial charge on any atom is -0.379 e. The van der Waals surface area contributed by atoms with E-state index in [4.69, 9.17) is 36.2 Å². The number of carbonyl (C=O) groups is 1. The maximum absolute atomic E-state index is 13.1.